The summed E-state index contributed by atoms with van der Waals surface area (Å²) >= 11 is 0. The topological polar surface area (TPSA) is 92.3 Å². The van der Waals surface area contributed by atoms with Gasteiger partial charge in [-0.2, -0.15) is 0 Å². The van der Waals surface area contributed by atoms with Gasteiger partial charge in [-0.3, -0.25) is 0 Å². The molecule has 0 amide bonds. The third-order valence-electron chi connectivity index (χ3n) is 3.99. The van der Waals surface area contributed by atoms with Crippen molar-refractivity contribution in [3.8, 4) is 11.5 Å². The van der Waals surface area contributed by atoms with Crippen molar-refractivity contribution < 1.29 is 17.9 Å². The minimum atomic E-state index is -3.13. The molecule has 0 aliphatic carbocycles. The van der Waals surface area contributed by atoms with Gasteiger partial charge in [-0.25, -0.2) is 17.7 Å². The monoisotopic (exact) mass is 400 g/mol. The van der Waals surface area contributed by atoms with Gasteiger partial charge in [0.05, 0.1) is 26.5 Å². The van der Waals surface area contributed by atoms with Crippen molar-refractivity contribution in [3.63, 3.8) is 0 Å². The summed E-state index contributed by atoms with van der Waals surface area (Å²) in [5.74, 6) is 2.16. The number of nitrogens with zero attached hydrogens (tertiary/aromatic N) is 2. The van der Waals surface area contributed by atoms with E-state index in [9.17, 15) is 8.42 Å². The largest absolute Gasteiger partial charge is 0.493 e. The molecular formula is C18H32N4O4S. The number of aliphatic imine (C=N–C) groups is 1. The van der Waals surface area contributed by atoms with Crippen molar-refractivity contribution in [1.29, 1.82) is 0 Å². The highest BCUT2D eigenvalue weighted by Gasteiger charge is 2.14. The smallest absolute Gasteiger partial charge is 0.213 e. The molecule has 2 N–H and O–H groups in total. The average Bonchev–Trinajstić information content (AvgIpc) is 2.68. The van der Waals surface area contributed by atoms with E-state index in [1.54, 1.807) is 28.2 Å². The van der Waals surface area contributed by atoms with E-state index in [1.165, 1.54) is 4.31 Å². The number of rotatable bonds is 11. The molecule has 0 heterocycles. The van der Waals surface area contributed by atoms with Gasteiger partial charge in [0.2, 0.25) is 10.0 Å². The number of guanidine groups is 1. The fraction of sp³-hybridized carbons (Fsp3) is 0.611. The predicted molar refractivity (Wildman–Crippen MR) is 109 cm³/mol. The third kappa shape index (κ3) is 7.64. The van der Waals surface area contributed by atoms with Crippen LogP contribution in [-0.2, 0) is 16.6 Å². The molecule has 0 saturated heterocycles. The maximum Gasteiger partial charge on any atom is 0.213 e. The molecule has 154 valence electrons. The molecule has 8 nitrogen and oxygen atoms in total. The third-order valence-corrected chi connectivity index (χ3v) is 5.86. The number of hydrogen-bond acceptors (Lipinski definition) is 5. The number of hydrogen-bond donors (Lipinski definition) is 2. The van der Waals surface area contributed by atoms with E-state index >= 15 is 0 Å². The van der Waals surface area contributed by atoms with Crippen LogP contribution in [0.4, 0.5) is 0 Å². The lowest BCUT2D eigenvalue weighted by Gasteiger charge is -2.17. The number of benzene rings is 1. The number of nitrogens with one attached hydrogen (secondary N) is 2. The van der Waals surface area contributed by atoms with E-state index in [0.717, 1.165) is 12.1 Å². The minimum Gasteiger partial charge on any atom is -0.493 e. The first-order valence-electron chi connectivity index (χ1n) is 9.05. The molecular weight excluding hydrogens is 368 g/mol. The van der Waals surface area contributed by atoms with Crippen LogP contribution in [0.5, 0.6) is 11.5 Å². The van der Waals surface area contributed by atoms with Crippen LogP contribution in [0.3, 0.4) is 0 Å². The second kappa shape index (κ2) is 11.7. The molecule has 1 rings (SSSR count). The van der Waals surface area contributed by atoms with Gasteiger partial charge in [0.1, 0.15) is 0 Å². The lowest BCUT2D eigenvalue weighted by atomic mass is 10.2. The summed E-state index contributed by atoms with van der Waals surface area (Å²) in [4.78, 5) is 4.56. The van der Waals surface area contributed by atoms with Gasteiger partial charge in [-0.05, 0) is 38.0 Å². The van der Waals surface area contributed by atoms with Gasteiger partial charge in [0, 0.05) is 26.7 Å². The summed E-state index contributed by atoms with van der Waals surface area (Å²) in [5, 5.41) is 6.41. The Labute approximate surface area is 163 Å². The summed E-state index contributed by atoms with van der Waals surface area (Å²) in [7, 11) is 1.68. The zero-order chi connectivity index (χ0) is 20.3. The van der Waals surface area contributed by atoms with Crippen LogP contribution in [0.1, 0.15) is 25.8 Å². The van der Waals surface area contributed by atoms with Gasteiger partial charge in [-0.1, -0.05) is 6.07 Å². The molecule has 0 saturated carbocycles. The van der Waals surface area contributed by atoms with Crippen molar-refractivity contribution >= 4 is 16.0 Å². The maximum absolute atomic E-state index is 11.7. The van der Waals surface area contributed by atoms with E-state index < -0.39 is 10.0 Å². The summed E-state index contributed by atoms with van der Waals surface area (Å²) in [6.45, 7) is 5.96. The standard InChI is InChI=1S/C18H32N4O4S/c1-6-19-18(20-11-8-12-22(3)27(23,24)7-2)21-14-15-9-10-16(25-4)17(13-15)26-5/h9-10,13H,6-8,11-12,14H2,1-5H3,(H2,19,20,21). The highest BCUT2D eigenvalue weighted by atomic mass is 32.2. The van der Waals surface area contributed by atoms with Gasteiger partial charge < -0.3 is 20.1 Å². The fourth-order valence-corrected chi connectivity index (χ4v) is 3.21. The van der Waals surface area contributed by atoms with Crippen LogP contribution < -0.4 is 20.1 Å². The van der Waals surface area contributed by atoms with Gasteiger partial charge in [0.25, 0.3) is 0 Å². The highest BCUT2D eigenvalue weighted by molar-refractivity contribution is 7.89. The molecule has 27 heavy (non-hydrogen) atoms. The Morgan fingerprint density at radius 3 is 2.44 bits per heavy atom. The van der Waals surface area contributed by atoms with Crippen LogP contribution in [-0.4, -0.2) is 65.3 Å². The second-order valence-corrected chi connectivity index (χ2v) is 8.25. The molecule has 0 aliphatic rings. The van der Waals surface area contributed by atoms with E-state index in [0.29, 0.717) is 43.5 Å². The number of sulfonamides is 1. The molecule has 0 radical (unpaired) electrons. The fourth-order valence-electron chi connectivity index (χ4n) is 2.36. The molecule has 0 aliphatic heterocycles. The first-order chi connectivity index (χ1) is 12.9. The van der Waals surface area contributed by atoms with Gasteiger partial charge >= 0.3 is 0 Å². The van der Waals surface area contributed by atoms with Crippen molar-refractivity contribution in [2.24, 2.45) is 4.99 Å². The summed E-state index contributed by atoms with van der Waals surface area (Å²) in [6.07, 6.45) is 0.691. The van der Waals surface area contributed by atoms with Crippen molar-refractivity contribution in [1.82, 2.24) is 14.9 Å². The van der Waals surface area contributed by atoms with E-state index in [-0.39, 0.29) is 5.75 Å². The Bertz CT molecular complexity index is 707. The Balaban J connectivity index is 2.60. The first kappa shape index (κ1) is 23.0. The maximum atomic E-state index is 11.7. The SMILES string of the molecule is CCNC(=NCc1ccc(OC)c(OC)c1)NCCCN(C)S(=O)(=O)CC. The van der Waals surface area contributed by atoms with Gasteiger partial charge in [0.15, 0.2) is 17.5 Å². The average molecular weight is 401 g/mol. The lowest BCUT2D eigenvalue weighted by molar-refractivity contribution is 0.354. The van der Waals surface area contributed by atoms with Crippen LogP contribution >= 0.6 is 0 Å². The summed E-state index contributed by atoms with van der Waals surface area (Å²) in [5.41, 5.74) is 0.999. The normalized spacial score (nSPS) is 12.1. The van der Waals surface area contributed by atoms with Crippen molar-refractivity contribution in [2.75, 3.05) is 46.7 Å². The van der Waals surface area contributed by atoms with Crippen molar-refractivity contribution in [2.45, 2.75) is 26.8 Å². The van der Waals surface area contributed by atoms with E-state index in [1.807, 2.05) is 25.1 Å². The molecule has 1 aromatic rings. The Morgan fingerprint density at radius 1 is 1.15 bits per heavy atom. The number of methoxy groups -OCH3 is 2. The quantitative estimate of drug-likeness (QED) is 0.332. The second-order valence-electron chi connectivity index (χ2n) is 5.89. The zero-order valence-electron chi connectivity index (χ0n) is 16.9. The zero-order valence-corrected chi connectivity index (χ0v) is 17.7. The van der Waals surface area contributed by atoms with Crippen molar-refractivity contribution in [3.05, 3.63) is 23.8 Å². The molecule has 0 aromatic heterocycles. The predicted octanol–water partition coefficient (Wildman–Crippen LogP) is 1.43. The Morgan fingerprint density at radius 2 is 1.85 bits per heavy atom. The van der Waals surface area contributed by atoms with E-state index in [2.05, 4.69) is 15.6 Å². The molecule has 0 unspecified atom stereocenters. The molecule has 9 heteroatoms. The highest BCUT2D eigenvalue weighted by Crippen LogP contribution is 2.27. The van der Waals surface area contributed by atoms with Crippen LogP contribution in [0.15, 0.2) is 23.2 Å². The minimum absolute atomic E-state index is 0.117. The molecule has 0 bridgehead atoms. The van der Waals surface area contributed by atoms with Crippen LogP contribution in [0.25, 0.3) is 0 Å². The first-order valence-corrected chi connectivity index (χ1v) is 10.7. The lowest BCUT2D eigenvalue weighted by Crippen LogP contribution is -2.39. The molecule has 0 atom stereocenters. The molecule has 1 aromatic carbocycles. The van der Waals surface area contributed by atoms with Crippen LogP contribution in [0.2, 0.25) is 0 Å². The van der Waals surface area contributed by atoms with Crippen LogP contribution in [0, 0.1) is 0 Å². The molecule has 0 spiro atoms. The number of ether oxygens (including phenoxy) is 2. The Kier molecular flexibility index (Phi) is 9.95. The van der Waals surface area contributed by atoms with Gasteiger partial charge in [-0.15, -0.1) is 0 Å². The Hall–Kier alpha value is -2.00. The van der Waals surface area contributed by atoms with E-state index in [4.69, 9.17) is 9.47 Å². The molecule has 0 fully saturated rings. The summed E-state index contributed by atoms with van der Waals surface area (Å²) in [6, 6.07) is 5.70. The summed E-state index contributed by atoms with van der Waals surface area (Å²) < 4.78 is 35.4.